The number of rotatable bonds is 2. The summed E-state index contributed by atoms with van der Waals surface area (Å²) in [6.07, 6.45) is -7.05. The number of halogens is 6. The number of ether oxygens (including phenoxy) is 1. The van der Waals surface area contributed by atoms with E-state index in [1.54, 1.807) is 24.4 Å². The SMILES string of the molecule is COC(=O)c1ccccc1-c1c(C#N)c(N)nc2c1CCc1[nH]ncc1-2.O=C(O)C(F)(F)F.O=C(O)C(F)(F)F. The van der Waals surface area contributed by atoms with Crippen LogP contribution in [0.25, 0.3) is 22.4 Å². The first-order chi connectivity index (χ1) is 18.5. The number of anilines is 1. The monoisotopic (exact) mass is 573 g/mol. The van der Waals surface area contributed by atoms with Gasteiger partial charge in [0.05, 0.1) is 24.6 Å². The number of carbonyl (C=O) groups excluding carboxylic acids is 1. The summed E-state index contributed by atoms with van der Waals surface area (Å²) in [6.45, 7) is 0. The average Bonchev–Trinajstić information content (AvgIpc) is 3.36. The molecule has 11 nitrogen and oxygen atoms in total. The van der Waals surface area contributed by atoms with E-state index >= 15 is 0 Å². The average molecular weight is 573 g/mol. The second-order valence-corrected chi connectivity index (χ2v) is 7.59. The maximum atomic E-state index is 12.3. The molecule has 0 atom stereocenters. The Morgan fingerprint density at radius 3 is 2.08 bits per heavy atom. The highest BCUT2D eigenvalue weighted by Gasteiger charge is 2.39. The molecule has 0 amide bonds. The lowest BCUT2D eigenvalue weighted by Gasteiger charge is -2.22. The Balaban J connectivity index is 0.000000333. The van der Waals surface area contributed by atoms with Crippen molar-refractivity contribution in [1.29, 1.82) is 5.26 Å². The Labute approximate surface area is 219 Å². The summed E-state index contributed by atoms with van der Waals surface area (Å²) < 4.78 is 68.4. The van der Waals surface area contributed by atoms with E-state index in [2.05, 4.69) is 21.3 Å². The highest BCUT2D eigenvalue weighted by Crippen LogP contribution is 2.41. The molecule has 17 heteroatoms. The van der Waals surface area contributed by atoms with Crippen LogP contribution in [0.3, 0.4) is 0 Å². The molecule has 4 rings (SSSR count). The number of hydrogen-bond acceptors (Lipinski definition) is 8. The molecule has 1 aliphatic rings. The molecule has 2 aromatic heterocycles. The van der Waals surface area contributed by atoms with Crippen molar-refractivity contribution in [2.24, 2.45) is 0 Å². The van der Waals surface area contributed by atoms with Crippen molar-refractivity contribution >= 4 is 23.7 Å². The molecule has 2 heterocycles. The third-order valence-electron chi connectivity index (χ3n) is 5.12. The van der Waals surface area contributed by atoms with Gasteiger partial charge in [0.1, 0.15) is 17.5 Å². The first-order valence-corrected chi connectivity index (χ1v) is 10.6. The number of H-pyrrole nitrogens is 1. The number of methoxy groups -OCH3 is 1. The lowest BCUT2D eigenvalue weighted by atomic mass is 9.84. The molecule has 1 aliphatic carbocycles. The molecule has 0 saturated carbocycles. The first-order valence-electron chi connectivity index (χ1n) is 10.6. The van der Waals surface area contributed by atoms with Gasteiger partial charge in [0, 0.05) is 16.8 Å². The fourth-order valence-electron chi connectivity index (χ4n) is 3.46. The van der Waals surface area contributed by atoms with E-state index in [0.29, 0.717) is 28.8 Å². The fraction of sp³-hybridized carbons (Fsp3) is 0.217. The summed E-state index contributed by atoms with van der Waals surface area (Å²) >= 11 is 0. The van der Waals surface area contributed by atoms with E-state index < -0.39 is 30.3 Å². The first kappa shape index (κ1) is 31.1. The number of carbonyl (C=O) groups is 3. The number of aromatic amines is 1. The van der Waals surface area contributed by atoms with Crippen LogP contribution < -0.4 is 5.73 Å². The van der Waals surface area contributed by atoms with Crippen LogP contribution in [0.4, 0.5) is 32.2 Å². The Morgan fingerprint density at radius 1 is 1.02 bits per heavy atom. The van der Waals surface area contributed by atoms with Gasteiger partial charge in [-0.2, -0.15) is 36.7 Å². The standard InChI is InChI=1S/C19H15N5O2.2C2HF3O2/c1-26-19(25)11-5-3-2-4-10(11)16-12-6-7-15-14(9-22-24-15)17(12)23-18(21)13(16)8-20;2*3-2(4,5)1(6)7/h2-5,9H,6-7H2,1H3,(H2,21,23)(H,22,24);2*(H,6,7). The molecule has 0 bridgehead atoms. The molecule has 5 N–H and O–H groups in total. The second kappa shape index (κ2) is 12.1. The van der Waals surface area contributed by atoms with Gasteiger partial charge in [-0.15, -0.1) is 0 Å². The second-order valence-electron chi connectivity index (χ2n) is 7.59. The zero-order valence-electron chi connectivity index (χ0n) is 20.0. The van der Waals surface area contributed by atoms with Crippen molar-refractivity contribution in [1.82, 2.24) is 15.2 Å². The van der Waals surface area contributed by atoms with Gasteiger partial charge >= 0.3 is 30.3 Å². The number of nitrogens with two attached hydrogens (primary N) is 1. The highest BCUT2D eigenvalue weighted by molar-refractivity contribution is 6.00. The third kappa shape index (κ3) is 7.03. The number of alkyl halides is 6. The maximum absolute atomic E-state index is 12.3. The predicted molar refractivity (Wildman–Crippen MR) is 123 cm³/mol. The summed E-state index contributed by atoms with van der Waals surface area (Å²) in [5, 5.41) is 31.0. The number of pyridine rings is 1. The van der Waals surface area contributed by atoms with E-state index in [1.165, 1.54) is 7.11 Å². The van der Waals surface area contributed by atoms with E-state index in [0.717, 1.165) is 23.2 Å². The number of hydrogen-bond donors (Lipinski definition) is 4. The number of fused-ring (bicyclic) bond motifs is 3. The summed E-state index contributed by atoms with van der Waals surface area (Å²) in [6, 6.07) is 9.20. The number of nitriles is 1. The number of aromatic nitrogens is 3. The molecule has 0 unspecified atom stereocenters. The van der Waals surface area contributed by atoms with Gasteiger partial charge in [0.2, 0.25) is 0 Å². The van der Waals surface area contributed by atoms with Crippen molar-refractivity contribution in [3.05, 3.63) is 52.8 Å². The molecule has 3 aromatic rings. The van der Waals surface area contributed by atoms with Crippen molar-refractivity contribution in [3.63, 3.8) is 0 Å². The zero-order valence-corrected chi connectivity index (χ0v) is 20.0. The van der Waals surface area contributed by atoms with E-state index in [1.807, 2.05) is 6.07 Å². The van der Waals surface area contributed by atoms with Crippen LogP contribution in [0.2, 0.25) is 0 Å². The molecule has 0 radical (unpaired) electrons. The lowest BCUT2D eigenvalue weighted by molar-refractivity contribution is -0.193. The number of nitrogens with zero attached hydrogens (tertiary/aromatic N) is 3. The van der Waals surface area contributed by atoms with Crippen molar-refractivity contribution in [3.8, 4) is 28.5 Å². The summed E-state index contributed by atoms with van der Waals surface area (Å²) in [5.41, 5.74) is 11.5. The van der Waals surface area contributed by atoms with E-state index in [9.17, 15) is 36.4 Å². The van der Waals surface area contributed by atoms with Gasteiger partial charge in [-0.1, -0.05) is 18.2 Å². The van der Waals surface area contributed by atoms with Crippen LogP contribution in [0, 0.1) is 11.3 Å². The van der Waals surface area contributed by atoms with Crippen molar-refractivity contribution in [2.75, 3.05) is 12.8 Å². The number of carboxylic acids is 2. The van der Waals surface area contributed by atoms with Crippen LogP contribution in [0.5, 0.6) is 0 Å². The molecule has 1 aromatic carbocycles. The molecule has 0 spiro atoms. The Bertz CT molecular complexity index is 1450. The van der Waals surface area contributed by atoms with Gasteiger partial charge in [-0.25, -0.2) is 19.4 Å². The number of benzene rings is 1. The maximum Gasteiger partial charge on any atom is 0.490 e. The van der Waals surface area contributed by atoms with Crippen LogP contribution in [-0.4, -0.2) is 62.8 Å². The molecule has 212 valence electrons. The van der Waals surface area contributed by atoms with Gasteiger partial charge in [0.15, 0.2) is 0 Å². The Hall–Kier alpha value is -5.14. The summed E-state index contributed by atoms with van der Waals surface area (Å²) in [5.74, 6) is -5.84. The Morgan fingerprint density at radius 2 is 1.57 bits per heavy atom. The molecule has 0 fully saturated rings. The van der Waals surface area contributed by atoms with Crippen molar-refractivity contribution < 1.29 is 55.7 Å². The number of nitrogen functional groups attached to an aromatic ring is 1. The third-order valence-corrected chi connectivity index (χ3v) is 5.12. The lowest BCUT2D eigenvalue weighted by Crippen LogP contribution is -2.21. The van der Waals surface area contributed by atoms with Crippen molar-refractivity contribution in [2.45, 2.75) is 25.2 Å². The smallest absolute Gasteiger partial charge is 0.475 e. The van der Waals surface area contributed by atoms with E-state index in [-0.39, 0.29) is 11.4 Å². The topological polar surface area (TPSA) is 192 Å². The minimum Gasteiger partial charge on any atom is -0.475 e. The van der Waals surface area contributed by atoms with E-state index in [4.69, 9.17) is 30.3 Å². The number of nitrogens with one attached hydrogen (secondary N) is 1. The van der Waals surface area contributed by atoms with Crippen LogP contribution in [0.1, 0.15) is 27.2 Å². The van der Waals surface area contributed by atoms with Crippen LogP contribution >= 0.6 is 0 Å². The van der Waals surface area contributed by atoms with Crippen LogP contribution in [-0.2, 0) is 27.2 Å². The number of aliphatic carboxylic acids is 2. The molecular weight excluding hydrogens is 556 g/mol. The van der Waals surface area contributed by atoms with Crippen LogP contribution in [0.15, 0.2) is 30.5 Å². The molecule has 0 saturated heterocycles. The number of aryl methyl sites for hydroxylation is 1. The number of carboxylic acid groups (broad SMARTS) is 2. The summed E-state index contributed by atoms with van der Waals surface area (Å²) in [4.78, 5) is 34.5. The number of esters is 1. The van der Waals surface area contributed by atoms with Gasteiger partial charge in [-0.3, -0.25) is 5.10 Å². The molecule has 0 aliphatic heterocycles. The summed E-state index contributed by atoms with van der Waals surface area (Å²) in [7, 11) is 1.33. The predicted octanol–water partition coefficient (Wildman–Crippen LogP) is 3.74. The zero-order chi connectivity index (χ0) is 30.4. The Kier molecular flexibility index (Phi) is 9.44. The van der Waals surface area contributed by atoms with Gasteiger partial charge in [-0.05, 0) is 30.0 Å². The normalized spacial score (nSPS) is 11.8. The fourth-order valence-corrected chi connectivity index (χ4v) is 3.46. The highest BCUT2D eigenvalue weighted by atomic mass is 19.4. The molecule has 40 heavy (non-hydrogen) atoms. The minimum atomic E-state index is -5.08. The quantitative estimate of drug-likeness (QED) is 0.259. The largest absolute Gasteiger partial charge is 0.490 e. The molecular formula is C23H17F6N5O6. The van der Waals surface area contributed by atoms with Gasteiger partial charge in [0.25, 0.3) is 0 Å². The minimum absolute atomic E-state index is 0.134. The van der Waals surface area contributed by atoms with Gasteiger partial charge < -0.3 is 20.7 Å².